The van der Waals surface area contributed by atoms with Crippen molar-refractivity contribution in [2.75, 3.05) is 13.1 Å². The fraction of sp³-hybridized carbons (Fsp3) is 0.706. The van der Waals surface area contributed by atoms with Gasteiger partial charge in [-0.15, -0.1) is 0 Å². The third-order valence-corrected chi connectivity index (χ3v) is 5.10. The molecule has 3 heteroatoms. The van der Waals surface area contributed by atoms with Gasteiger partial charge in [-0.05, 0) is 50.7 Å². The SMILES string of the molecule is CCC1CNC(C)(C2CC2)CN1Cc1ccc(C)nc1. The van der Waals surface area contributed by atoms with Crippen molar-refractivity contribution in [2.45, 2.75) is 58.2 Å². The van der Waals surface area contributed by atoms with Crippen molar-refractivity contribution in [1.82, 2.24) is 15.2 Å². The minimum absolute atomic E-state index is 0.323. The lowest BCUT2D eigenvalue weighted by Gasteiger charge is -2.46. The Morgan fingerprint density at radius 2 is 2.20 bits per heavy atom. The van der Waals surface area contributed by atoms with Crippen LogP contribution < -0.4 is 5.32 Å². The lowest BCUT2D eigenvalue weighted by molar-refractivity contribution is 0.0665. The minimum atomic E-state index is 0.323. The largest absolute Gasteiger partial charge is 0.308 e. The first-order valence-corrected chi connectivity index (χ1v) is 8.01. The van der Waals surface area contributed by atoms with Crippen LogP contribution in [0.1, 0.15) is 44.4 Å². The topological polar surface area (TPSA) is 28.2 Å². The predicted octanol–water partition coefficient (Wildman–Crippen LogP) is 2.74. The Labute approximate surface area is 122 Å². The Kier molecular flexibility index (Phi) is 3.83. The van der Waals surface area contributed by atoms with Crippen molar-refractivity contribution in [1.29, 1.82) is 0 Å². The third-order valence-electron chi connectivity index (χ3n) is 5.10. The molecule has 1 saturated heterocycles. The number of nitrogens with one attached hydrogen (secondary N) is 1. The van der Waals surface area contributed by atoms with E-state index >= 15 is 0 Å². The summed E-state index contributed by atoms with van der Waals surface area (Å²) in [6.07, 6.45) is 6.06. The molecule has 3 rings (SSSR count). The monoisotopic (exact) mass is 273 g/mol. The van der Waals surface area contributed by atoms with Crippen molar-refractivity contribution in [3.05, 3.63) is 29.6 Å². The summed E-state index contributed by atoms with van der Waals surface area (Å²) in [5.74, 6) is 0.888. The van der Waals surface area contributed by atoms with Gasteiger partial charge in [-0.25, -0.2) is 0 Å². The van der Waals surface area contributed by atoms with Crippen LogP contribution in [-0.2, 0) is 6.54 Å². The maximum atomic E-state index is 4.44. The molecular weight excluding hydrogens is 246 g/mol. The van der Waals surface area contributed by atoms with Gasteiger partial charge in [0.1, 0.15) is 0 Å². The summed E-state index contributed by atoms with van der Waals surface area (Å²) >= 11 is 0. The Morgan fingerprint density at radius 1 is 1.40 bits per heavy atom. The molecule has 20 heavy (non-hydrogen) atoms. The van der Waals surface area contributed by atoms with Crippen molar-refractivity contribution in [3.63, 3.8) is 0 Å². The van der Waals surface area contributed by atoms with Gasteiger partial charge in [0.2, 0.25) is 0 Å². The summed E-state index contributed by atoms with van der Waals surface area (Å²) in [5, 5.41) is 3.83. The maximum Gasteiger partial charge on any atom is 0.0372 e. The number of aryl methyl sites for hydroxylation is 1. The van der Waals surface area contributed by atoms with Crippen LogP contribution in [0.15, 0.2) is 18.3 Å². The average Bonchev–Trinajstić information content (AvgIpc) is 3.27. The number of nitrogens with zero attached hydrogens (tertiary/aromatic N) is 2. The van der Waals surface area contributed by atoms with E-state index in [1.54, 1.807) is 0 Å². The smallest absolute Gasteiger partial charge is 0.0372 e. The molecule has 110 valence electrons. The fourth-order valence-electron chi connectivity index (χ4n) is 3.49. The van der Waals surface area contributed by atoms with Gasteiger partial charge in [-0.2, -0.15) is 0 Å². The van der Waals surface area contributed by atoms with Gasteiger partial charge in [0.05, 0.1) is 0 Å². The zero-order valence-corrected chi connectivity index (χ0v) is 13.0. The summed E-state index contributed by atoms with van der Waals surface area (Å²) in [6.45, 7) is 10.1. The summed E-state index contributed by atoms with van der Waals surface area (Å²) in [4.78, 5) is 7.10. The Morgan fingerprint density at radius 3 is 2.80 bits per heavy atom. The quantitative estimate of drug-likeness (QED) is 0.914. The normalized spacial score (nSPS) is 31.4. The standard InChI is InChI=1S/C17H27N3/c1-4-16-10-19-17(3,15-7-8-15)12-20(16)11-14-6-5-13(2)18-9-14/h5-6,9,15-16,19H,4,7-8,10-12H2,1-3H3. The van der Waals surface area contributed by atoms with E-state index in [0.717, 1.165) is 24.7 Å². The lowest BCUT2D eigenvalue weighted by atomic mass is 9.90. The second-order valence-electron chi connectivity index (χ2n) is 6.85. The molecule has 1 saturated carbocycles. The van der Waals surface area contributed by atoms with Crippen LogP contribution in [0.2, 0.25) is 0 Å². The number of piperazine rings is 1. The number of rotatable bonds is 4. The van der Waals surface area contributed by atoms with Gasteiger partial charge in [0.15, 0.2) is 0 Å². The Hall–Kier alpha value is -0.930. The van der Waals surface area contributed by atoms with Crippen LogP contribution >= 0.6 is 0 Å². The van der Waals surface area contributed by atoms with Crippen LogP contribution in [0.5, 0.6) is 0 Å². The highest BCUT2D eigenvalue weighted by molar-refractivity contribution is 5.14. The molecule has 1 N–H and O–H groups in total. The fourth-order valence-corrected chi connectivity index (χ4v) is 3.49. The molecule has 1 aromatic heterocycles. The van der Waals surface area contributed by atoms with Crippen LogP contribution in [0, 0.1) is 12.8 Å². The number of pyridine rings is 1. The molecule has 2 atom stereocenters. The first kappa shape index (κ1) is 14.0. The molecule has 1 aliphatic carbocycles. The zero-order valence-electron chi connectivity index (χ0n) is 13.0. The lowest BCUT2D eigenvalue weighted by Crippen LogP contribution is -2.63. The summed E-state index contributed by atoms with van der Waals surface area (Å²) < 4.78 is 0. The van der Waals surface area contributed by atoms with E-state index in [9.17, 15) is 0 Å². The van der Waals surface area contributed by atoms with Crippen LogP contribution in [0.25, 0.3) is 0 Å². The van der Waals surface area contributed by atoms with E-state index in [0.29, 0.717) is 11.6 Å². The molecule has 0 radical (unpaired) electrons. The van der Waals surface area contributed by atoms with Gasteiger partial charge in [-0.3, -0.25) is 9.88 Å². The predicted molar refractivity (Wildman–Crippen MR) is 82.6 cm³/mol. The van der Waals surface area contributed by atoms with Crippen molar-refractivity contribution in [2.24, 2.45) is 5.92 Å². The average molecular weight is 273 g/mol. The van der Waals surface area contributed by atoms with Gasteiger partial charge < -0.3 is 5.32 Å². The molecule has 0 amide bonds. The summed E-state index contributed by atoms with van der Waals surface area (Å²) in [5.41, 5.74) is 2.77. The number of aromatic nitrogens is 1. The molecule has 0 bridgehead atoms. The highest BCUT2D eigenvalue weighted by atomic mass is 15.3. The molecule has 2 aliphatic rings. The van der Waals surface area contributed by atoms with E-state index in [-0.39, 0.29) is 0 Å². The number of hydrogen-bond acceptors (Lipinski definition) is 3. The Balaban J connectivity index is 1.72. The third kappa shape index (κ3) is 2.89. The van der Waals surface area contributed by atoms with Gasteiger partial charge >= 0.3 is 0 Å². The van der Waals surface area contributed by atoms with Crippen molar-refractivity contribution < 1.29 is 0 Å². The van der Waals surface area contributed by atoms with Crippen LogP contribution in [0.3, 0.4) is 0 Å². The first-order valence-electron chi connectivity index (χ1n) is 8.01. The van der Waals surface area contributed by atoms with Crippen molar-refractivity contribution in [3.8, 4) is 0 Å². The summed E-state index contributed by atoms with van der Waals surface area (Å²) in [7, 11) is 0. The van der Waals surface area contributed by atoms with E-state index < -0.39 is 0 Å². The first-order chi connectivity index (χ1) is 9.60. The highest BCUT2D eigenvalue weighted by Crippen LogP contribution is 2.41. The van der Waals surface area contributed by atoms with E-state index in [4.69, 9.17) is 0 Å². The molecule has 2 heterocycles. The molecule has 1 aromatic rings. The minimum Gasteiger partial charge on any atom is -0.308 e. The molecule has 0 aromatic carbocycles. The maximum absolute atomic E-state index is 4.44. The second kappa shape index (κ2) is 5.45. The van der Waals surface area contributed by atoms with Gasteiger partial charge in [-0.1, -0.05) is 13.0 Å². The van der Waals surface area contributed by atoms with E-state index in [1.165, 1.54) is 31.4 Å². The molecule has 3 nitrogen and oxygen atoms in total. The molecule has 1 aliphatic heterocycles. The molecule has 2 fully saturated rings. The van der Waals surface area contributed by atoms with Gasteiger partial charge in [0.25, 0.3) is 0 Å². The molecule has 2 unspecified atom stereocenters. The molecular formula is C17H27N3. The molecule has 0 spiro atoms. The zero-order chi connectivity index (χ0) is 14.2. The number of hydrogen-bond donors (Lipinski definition) is 1. The van der Waals surface area contributed by atoms with Crippen molar-refractivity contribution >= 4 is 0 Å². The second-order valence-corrected chi connectivity index (χ2v) is 6.85. The van der Waals surface area contributed by atoms with E-state index in [1.807, 2.05) is 13.1 Å². The van der Waals surface area contributed by atoms with Crippen LogP contribution in [0.4, 0.5) is 0 Å². The highest BCUT2D eigenvalue weighted by Gasteiger charge is 2.45. The Bertz CT molecular complexity index is 452. The van der Waals surface area contributed by atoms with Gasteiger partial charge in [0, 0.05) is 43.1 Å². The van der Waals surface area contributed by atoms with Crippen LogP contribution in [-0.4, -0.2) is 34.6 Å². The van der Waals surface area contributed by atoms with E-state index in [2.05, 4.69) is 41.2 Å². The summed E-state index contributed by atoms with van der Waals surface area (Å²) in [6, 6.07) is 5.01.